The SMILES string of the molecule is CCCN(CCC)c1ccc2cc(/C(C)=C(\C#N)SNC)ccc2c1. The van der Waals surface area contributed by atoms with Crippen molar-refractivity contribution in [3.05, 3.63) is 46.9 Å². The molecule has 2 aromatic rings. The topological polar surface area (TPSA) is 39.1 Å². The number of fused-ring (bicyclic) bond motifs is 1. The first-order chi connectivity index (χ1) is 12.1. The summed E-state index contributed by atoms with van der Waals surface area (Å²) >= 11 is 1.36. The smallest absolute Gasteiger partial charge is 0.108 e. The number of benzene rings is 2. The predicted octanol–water partition coefficient (Wildman–Crippen LogP) is 5.59. The zero-order valence-electron chi connectivity index (χ0n) is 15.6. The summed E-state index contributed by atoms with van der Waals surface area (Å²) in [6.07, 6.45) is 2.31. The van der Waals surface area contributed by atoms with Crippen LogP contribution < -0.4 is 9.62 Å². The van der Waals surface area contributed by atoms with E-state index in [2.05, 4.69) is 65.9 Å². The highest BCUT2D eigenvalue weighted by Crippen LogP contribution is 2.29. The minimum atomic E-state index is 0.704. The fourth-order valence-corrected chi connectivity index (χ4v) is 3.51. The molecule has 1 N–H and O–H groups in total. The van der Waals surface area contributed by atoms with Crippen molar-refractivity contribution in [1.82, 2.24) is 4.72 Å². The number of nitrogens with zero attached hydrogens (tertiary/aromatic N) is 2. The molecule has 0 amide bonds. The number of hydrogen-bond acceptors (Lipinski definition) is 4. The highest BCUT2D eigenvalue weighted by atomic mass is 32.2. The highest BCUT2D eigenvalue weighted by molar-refractivity contribution is 8.01. The van der Waals surface area contributed by atoms with Gasteiger partial charge in [0.2, 0.25) is 0 Å². The van der Waals surface area contributed by atoms with Crippen LogP contribution in [0.15, 0.2) is 41.3 Å². The Hall–Kier alpha value is -1.96. The lowest BCUT2D eigenvalue weighted by Crippen LogP contribution is -2.24. The Kier molecular flexibility index (Phi) is 7.36. The number of nitriles is 1. The number of anilines is 1. The van der Waals surface area contributed by atoms with Crippen molar-refractivity contribution >= 4 is 34.0 Å². The van der Waals surface area contributed by atoms with Gasteiger partial charge in [-0.05, 0) is 78.9 Å². The molecule has 0 spiro atoms. The van der Waals surface area contributed by atoms with Crippen molar-refractivity contribution < 1.29 is 0 Å². The molecule has 25 heavy (non-hydrogen) atoms. The fourth-order valence-electron chi connectivity index (χ4n) is 2.99. The molecule has 0 aliphatic rings. The number of allylic oxidation sites excluding steroid dienone is 2. The predicted molar refractivity (Wildman–Crippen MR) is 112 cm³/mol. The molecule has 0 saturated heterocycles. The molecule has 0 saturated carbocycles. The minimum absolute atomic E-state index is 0.704. The van der Waals surface area contributed by atoms with E-state index in [1.54, 1.807) is 0 Å². The standard InChI is InChI=1S/C21H27N3S/c1-5-11-24(12-6-2)20-10-9-18-13-17(7-8-19(18)14-20)16(3)21(15-22)25-23-4/h7-10,13-14,23H,5-6,11-12H2,1-4H3/b21-16+. The molecule has 0 bridgehead atoms. The normalized spacial score (nSPS) is 12.0. The average Bonchev–Trinajstić information content (AvgIpc) is 2.64. The van der Waals surface area contributed by atoms with Gasteiger partial charge in [-0.15, -0.1) is 0 Å². The molecule has 0 aromatic heterocycles. The maximum atomic E-state index is 9.33. The van der Waals surface area contributed by atoms with Gasteiger partial charge >= 0.3 is 0 Å². The largest absolute Gasteiger partial charge is 0.372 e. The van der Waals surface area contributed by atoms with Crippen molar-refractivity contribution in [1.29, 1.82) is 5.26 Å². The van der Waals surface area contributed by atoms with Crippen LogP contribution in [0.5, 0.6) is 0 Å². The number of hydrogen-bond donors (Lipinski definition) is 1. The Morgan fingerprint density at radius 2 is 1.72 bits per heavy atom. The van der Waals surface area contributed by atoms with Gasteiger partial charge in [0.1, 0.15) is 11.0 Å². The first-order valence-corrected chi connectivity index (χ1v) is 9.69. The molecule has 3 nitrogen and oxygen atoms in total. The third-order valence-electron chi connectivity index (χ3n) is 4.26. The molecular weight excluding hydrogens is 326 g/mol. The summed E-state index contributed by atoms with van der Waals surface area (Å²) in [5.41, 5.74) is 3.39. The van der Waals surface area contributed by atoms with E-state index in [1.165, 1.54) is 28.4 Å². The van der Waals surface area contributed by atoms with Gasteiger partial charge in [-0.25, -0.2) is 0 Å². The highest BCUT2D eigenvalue weighted by Gasteiger charge is 2.08. The molecule has 0 atom stereocenters. The molecule has 0 radical (unpaired) electrons. The summed E-state index contributed by atoms with van der Waals surface area (Å²) in [6.45, 7) is 8.63. The summed E-state index contributed by atoms with van der Waals surface area (Å²) < 4.78 is 2.98. The molecule has 132 valence electrons. The average molecular weight is 354 g/mol. The van der Waals surface area contributed by atoms with Crippen molar-refractivity contribution in [2.45, 2.75) is 33.6 Å². The zero-order chi connectivity index (χ0) is 18.2. The third-order valence-corrected chi connectivity index (χ3v) is 5.06. The Morgan fingerprint density at radius 1 is 1.08 bits per heavy atom. The zero-order valence-corrected chi connectivity index (χ0v) is 16.4. The van der Waals surface area contributed by atoms with E-state index < -0.39 is 0 Å². The van der Waals surface area contributed by atoms with E-state index in [-0.39, 0.29) is 0 Å². The molecule has 0 unspecified atom stereocenters. The second-order valence-corrected chi connectivity index (χ2v) is 7.13. The van der Waals surface area contributed by atoms with Crippen LogP contribution in [-0.2, 0) is 0 Å². The van der Waals surface area contributed by atoms with Crippen LogP contribution in [0.1, 0.15) is 39.2 Å². The molecule has 0 aliphatic heterocycles. The first kappa shape index (κ1) is 19.4. The van der Waals surface area contributed by atoms with Gasteiger partial charge in [0.05, 0.1) is 0 Å². The summed E-state index contributed by atoms with van der Waals surface area (Å²) in [6, 6.07) is 15.4. The van der Waals surface area contributed by atoms with Crippen LogP contribution in [0.3, 0.4) is 0 Å². The van der Waals surface area contributed by atoms with Crippen LogP contribution in [0.25, 0.3) is 16.3 Å². The van der Waals surface area contributed by atoms with Crippen LogP contribution in [0.4, 0.5) is 5.69 Å². The van der Waals surface area contributed by atoms with Gasteiger partial charge in [0.15, 0.2) is 0 Å². The van der Waals surface area contributed by atoms with E-state index in [4.69, 9.17) is 0 Å². The third kappa shape index (κ3) is 4.78. The van der Waals surface area contributed by atoms with Crippen LogP contribution in [-0.4, -0.2) is 20.1 Å². The second-order valence-electron chi connectivity index (χ2n) is 6.11. The van der Waals surface area contributed by atoms with E-state index in [0.29, 0.717) is 4.91 Å². The number of nitrogens with one attached hydrogen (secondary N) is 1. The van der Waals surface area contributed by atoms with E-state index in [9.17, 15) is 5.26 Å². The van der Waals surface area contributed by atoms with Gasteiger partial charge in [-0.3, -0.25) is 4.72 Å². The Bertz CT molecular complexity index is 783. The summed E-state index contributed by atoms with van der Waals surface area (Å²) in [4.78, 5) is 3.16. The maximum Gasteiger partial charge on any atom is 0.108 e. The summed E-state index contributed by atoms with van der Waals surface area (Å²) in [5.74, 6) is 0. The van der Waals surface area contributed by atoms with E-state index in [0.717, 1.165) is 37.1 Å². The van der Waals surface area contributed by atoms with Gasteiger partial charge in [0.25, 0.3) is 0 Å². The van der Waals surface area contributed by atoms with Crippen LogP contribution >= 0.6 is 11.9 Å². The van der Waals surface area contributed by atoms with Gasteiger partial charge in [0, 0.05) is 18.8 Å². The summed E-state index contributed by atoms with van der Waals surface area (Å²) in [5, 5.41) is 11.8. The van der Waals surface area contributed by atoms with Crippen LogP contribution in [0.2, 0.25) is 0 Å². The van der Waals surface area contributed by atoms with Crippen molar-refractivity contribution in [3.8, 4) is 6.07 Å². The molecule has 4 heteroatoms. The monoisotopic (exact) mass is 353 g/mol. The number of rotatable bonds is 8. The van der Waals surface area contributed by atoms with Crippen LogP contribution in [0, 0.1) is 11.3 Å². The Morgan fingerprint density at radius 3 is 2.32 bits per heavy atom. The lowest BCUT2D eigenvalue weighted by molar-refractivity contribution is 0.745. The molecule has 2 rings (SSSR count). The van der Waals surface area contributed by atoms with Gasteiger partial charge in [-0.1, -0.05) is 32.0 Å². The minimum Gasteiger partial charge on any atom is -0.372 e. The quantitative estimate of drug-likeness (QED) is 0.496. The van der Waals surface area contributed by atoms with Crippen molar-refractivity contribution in [2.24, 2.45) is 0 Å². The molecule has 0 heterocycles. The maximum absolute atomic E-state index is 9.33. The van der Waals surface area contributed by atoms with Crippen molar-refractivity contribution in [2.75, 3.05) is 25.0 Å². The molecular formula is C21H27N3S. The second kappa shape index (κ2) is 9.50. The lowest BCUT2D eigenvalue weighted by atomic mass is 10.0. The van der Waals surface area contributed by atoms with E-state index >= 15 is 0 Å². The molecule has 2 aromatic carbocycles. The first-order valence-electron chi connectivity index (χ1n) is 8.88. The Labute approximate surface area is 155 Å². The molecule has 0 aliphatic carbocycles. The Balaban J connectivity index is 2.40. The van der Waals surface area contributed by atoms with Crippen molar-refractivity contribution in [3.63, 3.8) is 0 Å². The van der Waals surface area contributed by atoms with Gasteiger partial charge in [-0.2, -0.15) is 5.26 Å². The molecule has 0 fully saturated rings. The van der Waals surface area contributed by atoms with E-state index in [1.807, 2.05) is 14.0 Å². The fraction of sp³-hybridized carbons (Fsp3) is 0.381. The lowest BCUT2D eigenvalue weighted by Gasteiger charge is -2.24. The summed E-state index contributed by atoms with van der Waals surface area (Å²) in [7, 11) is 1.83. The van der Waals surface area contributed by atoms with Gasteiger partial charge < -0.3 is 4.90 Å².